The van der Waals surface area contributed by atoms with Gasteiger partial charge in [0.2, 0.25) is 0 Å². The van der Waals surface area contributed by atoms with Gasteiger partial charge in [-0.05, 0) is 29.8 Å². The van der Waals surface area contributed by atoms with Crippen LogP contribution >= 0.6 is 0 Å². The standard InChI is InChI=1S/C21H25F3N4O2/c1-29-18-4-2-3-17(13-18)27-20(25)26-14-19(28-9-11-30-12-10-28)15-5-7-16(8-6-15)21(22,23)24/h2-8,13,19H,9-12,14H2,1H3,(H3,25,26,27). The summed E-state index contributed by atoms with van der Waals surface area (Å²) in [5.41, 5.74) is 6.85. The number of anilines is 1. The number of ether oxygens (including phenoxy) is 2. The molecule has 6 nitrogen and oxygen atoms in total. The van der Waals surface area contributed by atoms with E-state index >= 15 is 0 Å². The number of rotatable bonds is 6. The third kappa shape index (κ3) is 5.87. The summed E-state index contributed by atoms with van der Waals surface area (Å²) in [5, 5.41) is 3.01. The van der Waals surface area contributed by atoms with Crippen LogP contribution in [0.3, 0.4) is 0 Å². The van der Waals surface area contributed by atoms with Crippen molar-refractivity contribution in [3.63, 3.8) is 0 Å². The van der Waals surface area contributed by atoms with E-state index in [1.165, 1.54) is 12.1 Å². The molecule has 1 saturated heterocycles. The van der Waals surface area contributed by atoms with Crippen LogP contribution in [-0.4, -0.2) is 50.8 Å². The highest BCUT2D eigenvalue weighted by molar-refractivity contribution is 5.92. The molecule has 0 aliphatic carbocycles. The van der Waals surface area contributed by atoms with E-state index in [0.717, 1.165) is 23.4 Å². The molecule has 2 aromatic rings. The van der Waals surface area contributed by atoms with Crippen molar-refractivity contribution in [2.45, 2.75) is 12.2 Å². The Hall–Kier alpha value is -2.78. The molecule has 162 valence electrons. The zero-order chi connectivity index (χ0) is 21.6. The molecule has 9 heteroatoms. The summed E-state index contributed by atoms with van der Waals surface area (Å²) in [6.07, 6.45) is -4.36. The average Bonchev–Trinajstić information content (AvgIpc) is 2.74. The van der Waals surface area contributed by atoms with Gasteiger partial charge in [0.1, 0.15) is 5.75 Å². The van der Waals surface area contributed by atoms with Crippen LogP contribution in [0.2, 0.25) is 0 Å². The molecule has 1 unspecified atom stereocenters. The second kappa shape index (κ2) is 9.82. The number of nitrogens with one attached hydrogen (secondary N) is 1. The summed E-state index contributed by atoms with van der Waals surface area (Å²) in [6, 6.07) is 12.3. The first-order chi connectivity index (χ1) is 14.4. The predicted molar refractivity (Wildman–Crippen MR) is 110 cm³/mol. The molecular formula is C21H25F3N4O2. The third-order valence-electron chi connectivity index (χ3n) is 4.89. The Morgan fingerprint density at radius 3 is 2.53 bits per heavy atom. The molecule has 0 aromatic heterocycles. The maximum atomic E-state index is 12.9. The largest absolute Gasteiger partial charge is 0.497 e. The highest BCUT2D eigenvalue weighted by Gasteiger charge is 2.31. The molecule has 1 atom stereocenters. The molecule has 0 spiro atoms. The van der Waals surface area contributed by atoms with Gasteiger partial charge in [-0.2, -0.15) is 13.2 Å². The van der Waals surface area contributed by atoms with Gasteiger partial charge in [-0.15, -0.1) is 0 Å². The average molecular weight is 422 g/mol. The number of methoxy groups -OCH3 is 1. The molecule has 2 aromatic carbocycles. The Balaban J connectivity index is 1.76. The van der Waals surface area contributed by atoms with E-state index in [-0.39, 0.29) is 12.0 Å². The maximum Gasteiger partial charge on any atom is 0.416 e. The quantitative estimate of drug-likeness (QED) is 0.551. The van der Waals surface area contributed by atoms with Gasteiger partial charge in [-0.3, -0.25) is 9.89 Å². The van der Waals surface area contributed by atoms with Crippen molar-refractivity contribution in [2.75, 3.05) is 45.3 Å². The smallest absolute Gasteiger partial charge is 0.416 e. The van der Waals surface area contributed by atoms with E-state index in [2.05, 4.69) is 15.2 Å². The lowest BCUT2D eigenvalue weighted by Gasteiger charge is -2.34. The van der Waals surface area contributed by atoms with E-state index in [0.29, 0.717) is 38.6 Å². The van der Waals surface area contributed by atoms with Crippen LogP contribution in [0, 0.1) is 0 Å². The third-order valence-corrected chi connectivity index (χ3v) is 4.89. The highest BCUT2D eigenvalue weighted by Crippen LogP contribution is 2.31. The first-order valence-electron chi connectivity index (χ1n) is 9.57. The van der Waals surface area contributed by atoms with E-state index in [9.17, 15) is 13.2 Å². The van der Waals surface area contributed by atoms with Crippen LogP contribution in [0.1, 0.15) is 17.2 Å². The second-order valence-corrected chi connectivity index (χ2v) is 6.87. The fraction of sp³-hybridized carbons (Fsp3) is 0.381. The molecule has 1 aliphatic rings. The number of nitrogens with two attached hydrogens (primary N) is 1. The van der Waals surface area contributed by atoms with Crippen LogP contribution in [0.25, 0.3) is 0 Å². The summed E-state index contributed by atoms with van der Waals surface area (Å²) in [6.45, 7) is 2.78. The van der Waals surface area contributed by atoms with Gasteiger partial charge >= 0.3 is 6.18 Å². The predicted octanol–water partition coefficient (Wildman–Crippen LogP) is 3.51. The van der Waals surface area contributed by atoms with Crippen LogP contribution in [-0.2, 0) is 10.9 Å². The molecule has 0 bridgehead atoms. The van der Waals surface area contributed by atoms with Crippen molar-refractivity contribution >= 4 is 11.6 Å². The molecule has 1 heterocycles. The topological polar surface area (TPSA) is 72.1 Å². The van der Waals surface area contributed by atoms with Crippen molar-refractivity contribution in [1.29, 1.82) is 0 Å². The number of morpholine rings is 1. The van der Waals surface area contributed by atoms with Crippen molar-refractivity contribution in [3.05, 3.63) is 59.7 Å². The summed E-state index contributed by atoms with van der Waals surface area (Å²) in [7, 11) is 1.58. The molecular weight excluding hydrogens is 397 g/mol. The van der Waals surface area contributed by atoms with Crippen LogP contribution in [0.5, 0.6) is 5.75 Å². The summed E-state index contributed by atoms with van der Waals surface area (Å²) in [5.74, 6) is 0.900. The number of guanidine groups is 1. The fourth-order valence-electron chi connectivity index (χ4n) is 3.29. The number of hydrogen-bond acceptors (Lipinski definition) is 4. The zero-order valence-electron chi connectivity index (χ0n) is 16.7. The number of hydrogen-bond donors (Lipinski definition) is 2. The van der Waals surface area contributed by atoms with E-state index in [4.69, 9.17) is 15.2 Å². The minimum Gasteiger partial charge on any atom is -0.497 e. The number of alkyl halides is 3. The number of nitrogens with zero attached hydrogens (tertiary/aromatic N) is 2. The summed E-state index contributed by atoms with van der Waals surface area (Å²) < 4.78 is 49.3. The van der Waals surface area contributed by atoms with Gasteiger partial charge in [0, 0.05) is 24.8 Å². The van der Waals surface area contributed by atoms with Gasteiger partial charge in [0.25, 0.3) is 0 Å². The second-order valence-electron chi connectivity index (χ2n) is 6.87. The van der Waals surface area contributed by atoms with Crippen molar-refractivity contribution in [2.24, 2.45) is 10.7 Å². The van der Waals surface area contributed by atoms with Gasteiger partial charge in [0.15, 0.2) is 5.96 Å². The molecule has 1 aliphatic heterocycles. The highest BCUT2D eigenvalue weighted by atomic mass is 19.4. The van der Waals surface area contributed by atoms with Crippen molar-refractivity contribution in [3.8, 4) is 5.75 Å². The van der Waals surface area contributed by atoms with Gasteiger partial charge in [0.05, 0.1) is 38.5 Å². The number of benzene rings is 2. The maximum absolute atomic E-state index is 12.9. The van der Waals surface area contributed by atoms with E-state index < -0.39 is 11.7 Å². The Morgan fingerprint density at radius 2 is 1.90 bits per heavy atom. The minimum atomic E-state index is -4.36. The van der Waals surface area contributed by atoms with Gasteiger partial charge in [-0.25, -0.2) is 0 Å². The molecule has 3 N–H and O–H groups in total. The lowest BCUT2D eigenvalue weighted by atomic mass is 10.0. The summed E-state index contributed by atoms with van der Waals surface area (Å²) in [4.78, 5) is 6.58. The van der Waals surface area contributed by atoms with Crippen molar-refractivity contribution < 1.29 is 22.6 Å². The molecule has 0 amide bonds. The van der Waals surface area contributed by atoms with E-state index in [1.54, 1.807) is 13.2 Å². The molecule has 0 radical (unpaired) electrons. The van der Waals surface area contributed by atoms with Crippen molar-refractivity contribution in [1.82, 2.24) is 4.90 Å². The molecule has 1 fully saturated rings. The molecule has 30 heavy (non-hydrogen) atoms. The van der Waals surface area contributed by atoms with E-state index in [1.807, 2.05) is 18.2 Å². The van der Waals surface area contributed by atoms with Gasteiger partial charge < -0.3 is 20.5 Å². The molecule has 0 saturated carbocycles. The number of aliphatic imine (C=N–C) groups is 1. The zero-order valence-corrected chi connectivity index (χ0v) is 16.7. The minimum absolute atomic E-state index is 0.207. The molecule has 3 rings (SSSR count). The Kier molecular flexibility index (Phi) is 7.17. The lowest BCUT2D eigenvalue weighted by molar-refractivity contribution is -0.137. The monoisotopic (exact) mass is 422 g/mol. The normalized spacial score (nSPS) is 16.9. The first kappa shape index (κ1) is 21.9. The SMILES string of the molecule is COc1cccc(NC(N)=NCC(c2ccc(C(F)(F)F)cc2)N2CCOCC2)c1. The van der Waals surface area contributed by atoms with Crippen LogP contribution in [0.15, 0.2) is 53.5 Å². The van der Waals surface area contributed by atoms with Crippen LogP contribution < -0.4 is 15.8 Å². The fourth-order valence-corrected chi connectivity index (χ4v) is 3.29. The summed E-state index contributed by atoms with van der Waals surface area (Å²) >= 11 is 0. The first-order valence-corrected chi connectivity index (χ1v) is 9.57. The Bertz CT molecular complexity index is 850. The lowest BCUT2D eigenvalue weighted by Crippen LogP contribution is -2.40. The van der Waals surface area contributed by atoms with Gasteiger partial charge in [-0.1, -0.05) is 18.2 Å². The number of halogens is 3. The Labute approximate surface area is 173 Å². The Morgan fingerprint density at radius 1 is 1.20 bits per heavy atom. The van der Waals surface area contributed by atoms with Crippen LogP contribution in [0.4, 0.5) is 18.9 Å².